The van der Waals surface area contributed by atoms with E-state index in [0.29, 0.717) is 68.5 Å². The number of pyridine rings is 2. The molecule has 27 nitrogen and oxygen atoms in total. The first-order valence-corrected chi connectivity index (χ1v) is 37.6. The molecule has 2 saturated heterocycles. The molecular formula is C75H102Cl6N10O17. The number of hydrogen-bond donors (Lipinski definition) is 7. The van der Waals surface area contributed by atoms with E-state index in [9.17, 15) is 52.7 Å². The van der Waals surface area contributed by atoms with Gasteiger partial charge in [-0.3, -0.25) is 58.0 Å². The second kappa shape index (κ2) is 41.4. The third kappa shape index (κ3) is 31.0. The van der Waals surface area contributed by atoms with Crippen molar-refractivity contribution in [1.29, 1.82) is 0 Å². The Morgan fingerprint density at radius 1 is 0.556 bits per heavy atom. The fourth-order valence-corrected chi connectivity index (χ4v) is 10.8. The van der Waals surface area contributed by atoms with E-state index in [1.54, 1.807) is 80.5 Å². The van der Waals surface area contributed by atoms with Gasteiger partial charge in [-0.2, -0.15) is 0 Å². The number of halogens is 6. The first kappa shape index (κ1) is 92.8. The van der Waals surface area contributed by atoms with Crippen LogP contribution in [0.15, 0.2) is 72.8 Å². The summed E-state index contributed by atoms with van der Waals surface area (Å²) in [5.74, 6) is -5.72. The number of fused-ring (bicyclic) bond motifs is 2. The lowest BCUT2D eigenvalue weighted by Gasteiger charge is -2.35. The molecule has 33 heteroatoms. The number of aliphatic carboxylic acids is 1. The summed E-state index contributed by atoms with van der Waals surface area (Å²) in [6.45, 7) is 28.5. The molecule has 2 aromatic carbocycles. The zero-order valence-electron chi connectivity index (χ0n) is 64.0. The van der Waals surface area contributed by atoms with Crippen molar-refractivity contribution < 1.29 is 81.5 Å². The summed E-state index contributed by atoms with van der Waals surface area (Å²) in [5.41, 5.74) is 7.40. The van der Waals surface area contributed by atoms with Gasteiger partial charge in [0.1, 0.15) is 67.3 Å². The minimum atomic E-state index is -1.76. The van der Waals surface area contributed by atoms with Gasteiger partial charge in [0.25, 0.3) is 11.8 Å². The van der Waals surface area contributed by atoms with Crippen molar-refractivity contribution in [3.05, 3.63) is 95.3 Å². The lowest BCUT2D eigenvalue weighted by atomic mass is 9.89. The molecule has 7 N–H and O–H groups in total. The molecule has 2 aliphatic heterocycles. The van der Waals surface area contributed by atoms with E-state index in [-0.39, 0.29) is 23.7 Å². The highest BCUT2D eigenvalue weighted by Gasteiger charge is 2.39. The molecule has 2 fully saturated rings. The van der Waals surface area contributed by atoms with E-state index in [4.69, 9.17) is 98.4 Å². The Morgan fingerprint density at radius 2 is 0.926 bits per heavy atom. The quantitative estimate of drug-likeness (QED) is 0.0174. The summed E-state index contributed by atoms with van der Waals surface area (Å²) in [5, 5.41) is 24.4. The van der Waals surface area contributed by atoms with Crippen LogP contribution in [0.5, 0.6) is 0 Å². The molecule has 2 aliphatic rings. The number of amides is 6. The molecule has 0 aliphatic carbocycles. The Morgan fingerprint density at radius 3 is 1.28 bits per heavy atom. The molecule has 0 spiro atoms. The van der Waals surface area contributed by atoms with Gasteiger partial charge in [-0.25, -0.2) is 25.6 Å². The second-order valence-electron chi connectivity index (χ2n) is 28.7. The predicted octanol–water partition coefficient (Wildman–Crippen LogP) is 12.2. The van der Waals surface area contributed by atoms with Crippen molar-refractivity contribution in [2.75, 3.05) is 26.3 Å². The van der Waals surface area contributed by atoms with Crippen molar-refractivity contribution >= 4 is 169 Å². The lowest BCUT2D eigenvalue weighted by molar-refractivity contribution is -0.154. The topological polar surface area (TPSA) is 359 Å². The summed E-state index contributed by atoms with van der Waals surface area (Å²) in [6.07, 6.45) is 8.43. The average Bonchev–Trinajstić information content (AvgIpc) is 0.817. The first-order chi connectivity index (χ1) is 50.0. The van der Waals surface area contributed by atoms with Crippen molar-refractivity contribution in [3.8, 4) is 0 Å². The number of carbonyl (C=O) groups is 11. The second-order valence-corrected chi connectivity index (χ2v) is 33.7. The van der Waals surface area contributed by atoms with Gasteiger partial charge in [0.2, 0.25) is 25.3 Å². The van der Waals surface area contributed by atoms with Crippen LogP contribution in [0.25, 0.3) is 34.0 Å². The summed E-state index contributed by atoms with van der Waals surface area (Å²) in [7, 11) is 0. The highest BCUT2D eigenvalue weighted by molar-refractivity contribution is 6.68. The number of benzene rings is 2. The number of carbonyl (C=O) groups excluding carboxylic acids is 10. The van der Waals surface area contributed by atoms with Gasteiger partial charge in [0, 0.05) is 37.7 Å². The number of nitrogens with one attached hydrogen (secondary N) is 6. The van der Waals surface area contributed by atoms with E-state index < -0.39 is 139 Å². The maximum Gasteiger partial charge on any atom is 0.408 e. The lowest BCUT2D eigenvalue weighted by Crippen LogP contribution is -2.61. The van der Waals surface area contributed by atoms with Crippen LogP contribution in [0.2, 0.25) is 0 Å². The van der Waals surface area contributed by atoms with Crippen molar-refractivity contribution in [2.45, 2.75) is 218 Å². The fraction of sp³-hybridized carbons (Fsp3) is 0.560. The van der Waals surface area contributed by atoms with Crippen molar-refractivity contribution in [1.82, 2.24) is 52.1 Å². The third-order valence-electron chi connectivity index (χ3n) is 17.2. The van der Waals surface area contributed by atoms with Gasteiger partial charge in [-0.05, 0) is 149 Å². The molecule has 4 aromatic rings. The number of aromatic nitrogens is 2. The monoisotopic (exact) mass is 1620 g/mol. The smallest absolute Gasteiger partial charge is 0.408 e. The number of carboxylic acid groups (broad SMARTS) is 1. The Kier molecular flexibility index (Phi) is 35.6. The molecule has 0 unspecified atom stereocenters. The number of nitrogens with zero attached hydrogens (tertiary/aromatic N) is 4. The van der Waals surface area contributed by atoms with Crippen LogP contribution in [-0.2, 0) is 71.6 Å². The minimum absolute atomic E-state index is 0.208. The molecule has 10 atom stereocenters. The number of alkyl halides is 6. The minimum Gasteiger partial charge on any atom is -0.481 e. The molecule has 0 bridgehead atoms. The van der Waals surface area contributed by atoms with Gasteiger partial charge in [0.15, 0.2) is 0 Å². The van der Waals surface area contributed by atoms with Crippen LogP contribution in [-0.4, -0.2) is 166 Å². The predicted molar refractivity (Wildman–Crippen MR) is 415 cm³/mol. The average molecular weight is 1630 g/mol. The molecule has 0 saturated carbocycles. The van der Waals surface area contributed by atoms with Crippen LogP contribution < -0.4 is 32.1 Å². The molecular weight excluding hydrogens is 1530 g/mol. The summed E-state index contributed by atoms with van der Waals surface area (Å²) < 4.78 is 22.2. The number of hydrazine groups is 2. The Bertz CT molecular complexity index is 3900. The van der Waals surface area contributed by atoms with Gasteiger partial charge in [-0.1, -0.05) is 171 Å². The van der Waals surface area contributed by atoms with Gasteiger partial charge < -0.3 is 50.1 Å². The number of ether oxygens (including phenoxy) is 5. The maximum atomic E-state index is 13.6. The zero-order valence-corrected chi connectivity index (χ0v) is 68.5. The van der Waals surface area contributed by atoms with Crippen LogP contribution in [0.3, 0.4) is 0 Å². The Hall–Kier alpha value is -7.63. The summed E-state index contributed by atoms with van der Waals surface area (Å²) in [6, 6.07) is 13.6. The molecule has 108 heavy (non-hydrogen) atoms. The van der Waals surface area contributed by atoms with Crippen molar-refractivity contribution in [2.24, 2.45) is 22.7 Å². The highest BCUT2D eigenvalue weighted by atomic mass is 35.6. The number of alkyl carbamates (subject to hydrolysis) is 1. The Labute approximate surface area is 660 Å². The van der Waals surface area contributed by atoms with Gasteiger partial charge in [0.05, 0.1) is 33.3 Å². The van der Waals surface area contributed by atoms with Crippen molar-refractivity contribution in [3.63, 3.8) is 0 Å². The SMILES string of the molecule is CC(=O)O[C@H](C)c1ccc2ccc(/C=C/C(C)(C)C(=O)O)cc2n1.CC[C@H](C)[C@H](NC(=O)C(C)(C)/C=C/c1ccc2ccc([C@@H](C)OC(C)=O)nc2c1)C(=O)N[C@@H](C)C(=O)N1CCC[C@@H](C(=O)OCC(Cl)(Cl)Cl)N1.CC[C@H](C)[C@H](NC(=O)OC(C)(C)C)C(=O)N[C@@H](C)C(=O)N1CCC[C@@H](C(=O)OCC(Cl)(Cl)Cl)N1. The van der Waals surface area contributed by atoms with E-state index >= 15 is 0 Å². The van der Waals surface area contributed by atoms with Crippen LogP contribution >= 0.6 is 69.6 Å². The Balaban J connectivity index is 0.000000367. The zero-order chi connectivity index (χ0) is 81.6. The van der Waals surface area contributed by atoms with Crippen LogP contribution in [0.1, 0.15) is 191 Å². The normalized spacial score (nSPS) is 17.3. The highest BCUT2D eigenvalue weighted by Crippen LogP contribution is 2.30. The molecule has 596 valence electrons. The summed E-state index contributed by atoms with van der Waals surface area (Å²) >= 11 is 33.8. The first-order valence-electron chi connectivity index (χ1n) is 35.3. The molecule has 4 heterocycles. The third-order valence-corrected chi connectivity index (χ3v) is 17.8. The van der Waals surface area contributed by atoms with Gasteiger partial charge in [-0.15, -0.1) is 0 Å². The molecule has 6 amide bonds. The summed E-state index contributed by atoms with van der Waals surface area (Å²) in [4.78, 5) is 146. The number of hydrogen-bond acceptors (Lipinski definition) is 20. The maximum absolute atomic E-state index is 13.6. The van der Waals surface area contributed by atoms with E-state index in [1.165, 1.54) is 37.7 Å². The van der Waals surface area contributed by atoms with Gasteiger partial charge >= 0.3 is 35.9 Å². The largest absolute Gasteiger partial charge is 0.481 e. The molecule has 0 radical (unpaired) electrons. The molecule has 2 aromatic heterocycles. The number of esters is 4. The number of rotatable bonds is 26. The fourth-order valence-electron chi connectivity index (χ4n) is 10.4. The van der Waals surface area contributed by atoms with Crippen LogP contribution in [0.4, 0.5) is 4.79 Å². The standard InChI is InChI=1S/C35H46Cl3N5O7.C21H35Cl3N4O6.C19H21NO4/c1-8-20(2)29(30(45)39-21(3)31(46)43-17-9-10-27(42-43)32(47)49-19-35(36,37)38)41-33(48)34(6,7)16-15-24-11-12-25-13-14-26(40-28(25)18-24)22(4)50-23(5)44;1-7-12(2)15(26-19(32)34-20(4,5)6)16(29)25-13(3)17(30)28-10-8-9-14(27-28)18(31)33-11-21(22,23)24;1-12(24-13(2)21)16-8-7-15-6-5-14(11-17(15)20-16)9-10-19(3,4)18(22)23/h11-16,18,20-22,27,29,42H,8-10,17,19H2,1-7H3,(H,39,45)(H,41,48);12-15,27H,7-11H2,1-6H3,(H,25,29)(H,26,32);5-12H,1-4H3,(H,22,23)/b16-15+;;10-9+/t20-,21-,22+,27-,29-;12-,13-,14-,15-;12-/m001/s1. The number of carboxylic acids is 1. The van der Waals surface area contributed by atoms with E-state index in [0.717, 1.165) is 27.4 Å². The van der Waals surface area contributed by atoms with E-state index in [2.05, 4.69) is 42.1 Å². The molecule has 6 rings (SSSR count). The van der Waals surface area contributed by atoms with Crippen LogP contribution in [0, 0.1) is 22.7 Å². The van der Waals surface area contributed by atoms with E-state index in [1.807, 2.05) is 94.4 Å².